The van der Waals surface area contributed by atoms with Gasteiger partial charge >= 0.3 is 0 Å². The van der Waals surface area contributed by atoms with Gasteiger partial charge in [-0.1, -0.05) is 23.9 Å². The van der Waals surface area contributed by atoms with Crippen molar-refractivity contribution in [3.8, 4) is 0 Å². The molecule has 2 N–H and O–H groups in total. The summed E-state index contributed by atoms with van der Waals surface area (Å²) in [6.45, 7) is 2.62. The van der Waals surface area contributed by atoms with Crippen LogP contribution in [0.2, 0.25) is 0 Å². The van der Waals surface area contributed by atoms with Gasteiger partial charge in [0.15, 0.2) is 10.2 Å². The van der Waals surface area contributed by atoms with Gasteiger partial charge in [0.2, 0.25) is 0 Å². The van der Waals surface area contributed by atoms with Crippen molar-refractivity contribution < 1.29 is 22.0 Å². The maximum atomic E-state index is 13.8. The average Bonchev–Trinajstić information content (AvgIpc) is 2.98. The van der Waals surface area contributed by atoms with Crippen LogP contribution in [0.3, 0.4) is 0 Å². The lowest BCUT2D eigenvalue weighted by Crippen LogP contribution is -2.38. The van der Waals surface area contributed by atoms with Gasteiger partial charge in [-0.15, -0.1) is 0 Å². The Labute approximate surface area is 246 Å². The van der Waals surface area contributed by atoms with Crippen LogP contribution in [0.1, 0.15) is 40.2 Å². The molecule has 5 rings (SSSR count). The third-order valence-electron chi connectivity index (χ3n) is 7.02. The summed E-state index contributed by atoms with van der Waals surface area (Å²) < 4.78 is 56.0. The van der Waals surface area contributed by atoms with Crippen LogP contribution in [-0.2, 0) is 10.0 Å². The van der Waals surface area contributed by atoms with Crippen molar-refractivity contribution in [2.75, 3.05) is 29.4 Å². The number of hydrogen-bond donors (Lipinski definition) is 2. The van der Waals surface area contributed by atoms with Crippen LogP contribution in [-0.4, -0.2) is 53.5 Å². The lowest BCUT2D eigenvalue weighted by atomic mass is 9.89. The molecule has 2 aromatic carbocycles. The average molecular weight is 611 g/mol. The van der Waals surface area contributed by atoms with Gasteiger partial charge in [-0.25, -0.2) is 23.7 Å². The summed E-state index contributed by atoms with van der Waals surface area (Å²) in [5, 5.41) is 3.17. The highest BCUT2D eigenvalue weighted by Crippen LogP contribution is 2.31. The third kappa shape index (κ3) is 6.68. The van der Waals surface area contributed by atoms with Crippen LogP contribution in [0, 0.1) is 18.6 Å². The number of benzene rings is 2. The Balaban J connectivity index is 1.43. The fourth-order valence-corrected chi connectivity index (χ4v) is 6.09. The van der Waals surface area contributed by atoms with E-state index in [2.05, 4.69) is 25.0 Å². The Kier molecular flexibility index (Phi) is 8.69. The van der Waals surface area contributed by atoms with E-state index < -0.39 is 15.8 Å². The molecule has 0 aliphatic carbocycles. The van der Waals surface area contributed by atoms with Gasteiger partial charge in [-0.2, -0.15) is 8.42 Å². The molecule has 1 aliphatic heterocycles. The van der Waals surface area contributed by atoms with Gasteiger partial charge in [-0.3, -0.25) is 9.52 Å². The highest BCUT2D eigenvalue weighted by molar-refractivity contribution is 7.98. The smallest absolute Gasteiger partial charge is 0.280 e. The number of likely N-dealkylation sites (tertiary alicyclic amines) is 1. The number of sulfonamides is 1. The molecule has 1 amide bonds. The highest BCUT2D eigenvalue weighted by Gasteiger charge is 2.28. The Morgan fingerprint density at radius 3 is 2.38 bits per heavy atom. The van der Waals surface area contributed by atoms with E-state index in [1.807, 2.05) is 0 Å². The first-order valence-corrected chi connectivity index (χ1v) is 15.8. The molecule has 4 aromatic rings. The van der Waals surface area contributed by atoms with E-state index in [-0.39, 0.29) is 39.7 Å². The Morgan fingerprint density at radius 2 is 1.69 bits per heavy atom. The van der Waals surface area contributed by atoms with E-state index in [0.717, 1.165) is 5.56 Å². The molecule has 0 unspecified atom stereocenters. The number of anilines is 3. The Morgan fingerprint density at radius 1 is 0.976 bits per heavy atom. The summed E-state index contributed by atoms with van der Waals surface area (Å²) in [5.41, 5.74) is 2.47. The van der Waals surface area contributed by atoms with Crippen LogP contribution >= 0.6 is 11.8 Å². The molecule has 42 heavy (non-hydrogen) atoms. The van der Waals surface area contributed by atoms with Crippen molar-refractivity contribution >= 4 is 44.9 Å². The van der Waals surface area contributed by atoms with E-state index >= 15 is 0 Å². The minimum absolute atomic E-state index is 0.0733. The van der Waals surface area contributed by atoms with Crippen molar-refractivity contribution in [2.45, 2.75) is 35.9 Å². The zero-order chi connectivity index (χ0) is 29.9. The van der Waals surface area contributed by atoms with E-state index in [0.29, 0.717) is 42.3 Å². The summed E-state index contributed by atoms with van der Waals surface area (Å²) in [6, 6.07) is 13.2. The van der Waals surface area contributed by atoms with Crippen LogP contribution in [0.5, 0.6) is 0 Å². The van der Waals surface area contributed by atoms with Crippen molar-refractivity contribution in [3.63, 3.8) is 0 Å². The minimum Gasteiger partial charge on any atom is -0.355 e. The van der Waals surface area contributed by atoms with Gasteiger partial charge in [0.25, 0.3) is 15.9 Å². The number of carbonyl (C=O) groups excluding carboxylic acids is 1. The zero-order valence-electron chi connectivity index (χ0n) is 22.8. The van der Waals surface area contributed by atoms with Crippen LogP contribution < -0.4 is 10.0 Å². The van der Waals surface area contributed by atoms with Gasteiger partial charge < -0.3 is 10.2 Å². The number of aryl methyl sites for hydroxylation is 1. The maximum absolute atomic E-state index is 13.8. The highest BCUT2D eigenvalue weighted by atomic mass is 32.2. The number of halogens is 2. The monoisotopic (exact) mass is 610 g/mol. The lowest BCUT2D eigenvalue weighted by molar-refractivity contribution is 0.0713. The van der Waals surface area contributed by atoms with Gasteiger partial charge in [0.05, 0.1) is 11.3 Å². The number of amides is 1. The molecule has 218 valence electrons. The molecule has 3 heterocycles. The number of nitrogens with one attached hydrogen (secondary N) is 2. The predicted octanol–water partition coefficient (Wildman–Crippen LogP) is 5.74. The fourth-order valence-electron chi connectivity index (χ4n) is 4.78. The largest absolute Gasteiger partial charge is 0.355 e. The third-order valence-corrected chi connectivity index (χ3v) is 8.83. The first-order chi connectivity index (χ1) is 20.1. The zero-order valence-corrected chi connectivity index (χ0v) is 24.5. The predicted molar refractivity (Wildman–Crippen MR) is 158 cm³/mol. The number of rotatable bonds is 8. The lowest BCUT2D eigenvalue weighted by Gasteiger charge is -2.32. The number of aromatic nitrogens is 3. The summed E-state index contributed by atoms with van der Waals surface area (Å²) >= 11 is 1.26. The molecule has 0 spiro atoms. The Bertz CT molecular complexity index is 1710. The topological polar surface area (TPSA) is 117 Å². The SMILES string of the molecule is CSc1nccc(NS(=O)(=O)c2cc(Nc3ccc(F)cc3C)c(C(=O)N3CCC(c4ccc(F)cc4)CC3)cn2)n1. The summed E-state index contributed by atoms with van der Waals surface area (Å²) in [7, 11) is -4.19. The van der Waals surface area contributed by atoms with Crippen molar-refractivity contribution in [3.05, 3.63) is 95.3 Å². The molecule has 0 saturated carbocycles. The van der Waals surface area contributed by atoms with Crippen LogP contribution in [0.25, 0.3) is 0 Å². The quantitative estimate of drug-likeness (QED) is 0.192. The van der Waals surface area contributed by atoms with E-state index in [1.54, 1.807) is 30.2 Å². The molecule has 9 nitrogen and oxygen atoms in total. The van der Waals surface area contributed by atoms with Crippen molar-refractivity contribution in [1.82, 2.24) is 19.9 Å². The van der Waals surface area contributed by atoms with Crippen molar-refractivity contribution in [1.29, 1.82) is 0 Å². The molecule has 1 aliphatic rings. The molecule has 0 radical (unpaired) electrons. The van der Waals surface area contributed by atoms with Crippen molar-refractivity contribution in [2.24, 2.45) is 0 Å². The second-order valence-corrected chi connectivity index (χ2v) is 12.2. The molecular formula is C29H28F2N6O3S2. The molecule has 13 heteroatoms. The van der Waals surface area contributed by atoms with Crippen LogP contribution in [0.15, 0.2) is 77.2 Å². The van der Waals surface area contributed by atoms with E-state index in [1.165, 1.54) is 66.6 Å². The number of hydrogen-bond acceptors (Lipinski definition) is 8. The van der Waals surface area contributed by atoms with Gasteiger partial charge in [0, 0.05) is 37.2 Å². The molecule has 0 bridgehead atoms. The second kappa shape index (κ2) is 12.4. The first-order valence-electron chi connectivity index (χ1n) is 13.1. The molecule has 2 aromatic heterocycles. The number of piperidine rings is 1. The van der Waals surface area contributed by atoms with Gasteiger partial charge in [0.1, 0.15) is 17.5 Å². The Hall–Kier alpha value is -4.10. The molecule has 1 fully saturated rings. The standard InChI is InChI=1S/C29H28F2N6O3S2/c1-18-15-22(31)7-8-24(18)34-25-16-27(42(39,40)36-26-9-12-32-29(35-26)41-2)33-17-23(25)28(38)37-13-10-20(11-14-37)19-3-5-21(30)6-4-19/h3-9,12,15-17,20H,10-11,13-14H2,1-2H3,(H,33,34)(H,32,35,36). The number of nitrogens with zero attached hydrogens (tertiary/aromatic N) is 4. The van der Waals surface area contributed by atoms with Crippen LogP contribution in [0.4, 0.5) is 26.0 Å². The normalized spacial score (nSPS) is 14.0. The number of carbonyl (C=O) groups is 1. The summed E-state index contributed by atoms with van der Waals surface area (Å²) in [4.78, 5) is 27.7. The molecule has 0 atom stereocenters. The summed E-state index contributed by atoms with van der Waals surface area (Å²) in [6.07, 6.45) is 5.83. The number of thioether (sulfide) groups is 1. The molecular weight excluding hydrogens is 582 g/mol. The molecule has 1 saturated heterocycles. The minimum atomic E-state index is -4.19. The first kappa shape index (κ1) is 29.4. The van der Waals surface area contributed by atoms with Gasteiger partial charge in [-0.05, 0) is 79.5 Å². The second-order valence-electron chi connectivity index (χ2n) is 9.80. The maximum Gasteiger partial charge on any atom is 0.280 e. The summed E-state index contributed by atoms with van der Waals surface area (Å²) in [5.74, 6) is -0.768. The van der Waals surface area contributed by atoms with E-state index in [4.69, 9.17) is 0 Å². The van der Waals surface area contributed by atoms with E-state index in [9.17, 15) is 22.0 Å². The fraction of sp³-hybridized carbons (Fsp3) is 0.241. The number of pyridine rings is 1.